The molecule has 0 spiro atoms. The summed E-state index contributed by atoms with van der Waals surface area (Å²) in [6, 6.07) is 17.5. The number of thiophene rings is 1. The minimum Gasteiger partial charge on any atom is -0.772 e. The van der Waals surface area contributed by atoms with Crippen LogP contribution in [0, 0.1) is 0 Å². The van der Waals surface area contributed by atoms with Crippen LogP contribution in [-0.2, 0) is 16.8 Å². The number of aromatic nitrogens is 2. The van der Waals surface area contributed by atoms with Gasteiger partial charge in [0.2, 0.25) is 0 Å². The van der Waals surface area contributed by atoms with Crippen molar-refractivity contribution in [2.75, 3.05) is 0 Å². The van der Waals surface area contributed by atoms with Gasteiger partial charge in [0.25, 0.3) is 5.56 Å². The lowest BCUT2D eigenvalue weighted by Gasteiger charge is -2.13. The zero-order valence-electron chi connectivity index (χ0n) is 15.2. The van der Waals surface area contributed by atoms with Crippen molar-refractivity contribution in [3.8, 4) is 27.3 Å². The molecular weight excluding hydrogens is 463 g/mol. The van der Waals surface area contributed by atoms with Gasteiger partial charge in [-0.25, -0.2) is 0 Å². The van der Waals surface area contributed by atoms with E-state index in [1.54, 1.807) is 66.9 Å². The van der Waals surface area contributed by atoms with Crippen LogP contribution in [-0.4, -0.2) is 18.5 Å². The first-order valence-corrected chi connectivity index (χ1v) is 11.5. The standard InChI is InChI=1S/C21H14Cl2N2O3S2/c22-16-7-5-15(6-8-16)20-17(14-3-1-13(2-4-14)12-30(27)28)11-24-25(21(20)26)19-10-9-18(23)29-19/h1-11H,12H2,(H,27,28)/p-1. The fraction of sp³-hybridized carbons (Fsp3) is 0.0476. The molecule has 30 heavy (non-hydrogen) atoms. The molecule has 0 radical (unpaired) electrons. The fourth-order valence-electron chi connectivity index (χ4n) is 3.06. The highest BCUT2D eigenvalue weighted by Gasteiger charge is 2.17. The van der Waals surface area contributed by atoms with Crippen LogP contribution >= 0.6 is 34.5 Å². The average Bonchev–Trinajstić information content (AvgIpc) is 3.15. The summed E-state index contributed by atoms with van der Waals surface area (Å²) < 4.78 is 23.7. The van der Waals surface area contributed by atoms with Gasteiger partial charge in [-0.3, -0.25) is 9.00 Å². The Balaban J connectivity index is 1.90. The second-order valence-corrected chi connectivity index (χ2v) is 9.41. The van der Waals surface area contributed by atoms with Crippen LogP contribution in [0.15, 0.2) is 71.7 Å². The molecule has 0 bridgehead atoms. The summed E-state index contributed by atoms with van der Waals surface area (Å²) in [5.74, 6) is -0.0662. The Hall–Kier alpha value is -2.29. The average molecular weight is 476 g/mol. The monoisotopic (exact) mass is 475 g/mol. The van der Waals surface area contributed by atoms with Crippen molar-refractivity contribution >= 4 is 45.6 Å². The van der Waals surface area contributed by atoms with Crippen molar-refractivity contribution in [1.82, 2.24) is 9.78 Å². The lowest BCUT2D eigenvalue weighted by atomic mass is 9.97. The smallest absolute Gasteiger partial charge is 0.280 e. The molecule has 1 unspecified atom stereocenters. The maximum Gasteiger partial charge on any atom is 0.280 e. The van der Waals surface area contributed by atoms with Crippen molar-refractivity contribution in [2.45, 2.75) is 5.75 Å². The van der Waals surface area contributed by atoms with Crippen LogP contribution in [0.4, 0.5) is 0 Å². The lowest BCUT2D eigenvalue weighted by Crippen LogP contribution is -2.22. The van der Waals surface area contributed by atoms with Crippen molar-refractivity contribution in [3.05, 3.63) is 92.1 Å². The van der Waals surface area contributed by atoms with E-state index >= 15 is 0 Å². The molecule has 0 fully saturated rings. The van der Waals surface area contributed by atoms with Gasteiger partial charge in [-0.1, -0.05) is 70.7 Å². The Morgan fingerprint density at radius 1 is 0.967 bits per heavy atom. The summed E-state index contributed by atoms with van der Waals surface area (Å²) in [5.41, 5.74) is 2.92. The molecular formula is C21H13Cl2N2O3S2-. The van der Waals surface area contributed by atoms with Gasteiger partial charge in [0.15, 0.2) is 0 Å². The molecule has 0 aliphatic carbocycles. The van der Waals surface area contributed by atoms with E-state index in [1.807, 2.05) is 0 Å². The van der Waals surface area contributed by atoms with Crippen LogP contribution in [0.25, 0.3) is 27.3 Å². The summed E-state index contributed by atoms with van der Waals surface area (Å²) in [6.07, 6.45) is 1.62. The van der Waals surface area contributed by atoms with E-state index < -0.39 is 11.1 Å². The van der Waals surface area contributed by atoms with Crippen molar-refractivity contribution in [1.29, 1.82) is 0 Å². The van der Waals surface area contributed by atoms with E-state index in [1.165, 1.54) is 16.0 Å². The predicted molar refractivity (Wildman–Crippen MR) is 121 cm³/mol. The van der Waals surface area contributed by atoms with E-state index in [-0.39, 0.29) is 11.3 Å². The first-order valence-electron chi connectivity index (χ1n) is 8.71. The van der Waals surface area contributed by atoms with Gasteiger partial charge < -0.3 is 4.55 Å². The predicted octanol–water partition coefficient (Wildman–Crippen LogP) is 5.31. The highest BCUT2D eigenvalue weighted by molar-refractivity contribution is 7.78. The number of benzene rings is 2. The molecule has 0 N–H and O–H groups in total. The SMILES string of the molecule is O=c1c(-c2ccc(Cl)cc2)c(-c2ccc(CS(=O)[O-])cc2)cnn1-c1ccc(Cl)s1. The Kier molecular flexibility index (Phi) is 6.17. The molecule has 152 valence electrons. The van der Waals surface area contributed by atoms with Gasteiger partial charge in [-0.2, -0.15) is 9.78 Å². The number of nitrogens with zero attached hydrogens (tertiary/aromatic N) is 2. The van der Waals surface area contributed by atoms with E-state index in [2.05, 4.69) is 5.10 Å². The van der Waals surface area contributed by atoms with Crippen molar-refractivity contribution in [2.24, 2.45) is 0 Å². The molecule has 2 heterocycles. The maximum absolute atomic E-state index is 13.4. The Labute approximate surface area is 188 Å². The molecule has 0 saturated heterocycles. The molecule has 4 rings (SSSR count). The molecule has 0 saturated carbocycles. The van der Waals surface area contributed by atoms with Gasteiger partial charge in [-0.15, -0.1) is 11.3 Å². The number of halogens is 2. The fourth-order valence-corrected chi connectivity index (χ4v) is 4.64. The van der Waals surface area contributed by atoms with E-state index in [4.69, 9.17) is 23.2 Å². The largest absolute Gasteiger partial charge is 0.772 e. The minimum absolute atomic E-state index is 0.0662. The van der Waals surface area contributed by atoms with Crippen LogP contribution in [0.2, 0.25) is 9.36 Å². The van der Waals surface area contributed by atoms with Gasteiger partial charge in [-0.05, 0) is 41.0 Å². The maximum atomic E-state index is 13.4. The van der Waals surface area contributed by atoms with Crippen molar-refractivity contribution < 1.29 is 8.76 Å². The van der Waals surface area contributed by atoms with Crippen LogP contribution in [0.1, 0.15) is 5.56 Å². The molecule has 0 aliphatic rings. The first-order chi connectivity index (χ1) is 14.4. The molecule has 2 aromatic carbocycles. The molecule has 9 heteroatoms. The van der Waals surface area contributed by atoms with Crippen LogP contribution in [0.5, 0.6) is 0 Å². The Morgan fingerprint density at radius 3 is 2.23 bits per heavy atom. The van der Waals surface area contributed by atoms with E-state index in [0.717, 1.165) is 5.56 Å². The highest BCUT2D eigenvalue weighted by Crippen LogP contribution is 2.31. The third-order valence-electron chi connectivity index (χ3n) is 4.43. The Bertz CT molecular complexity index is 1280. The van der Waals surface area contributed by atoms with Crippen LogP contribution < -0.4 is 5.56 Å². The second kappa shape index (κ2) is 8.83. The van der Waals surface area contributed by atoms with E-state index in [0.29, 0.717) is 36.6 Å². The summed E-state index contributed by atoms with van der Waals surface area (Å²) in [6.45, 7) is 0. The van der Waals surface area contributed by atoms with Gasteiger partial charge >= 0.3 is 0 Å². The summed E-state index contributed by atoms with van der Waals surface area (Å²) in [5, 5.41) is 5.52. The summed E-state index contributed by atoms with van der Waals surface area (Å²) in [7, 11) is 0. The quantitative estimate of drug-likeness (QED) is 0.366. The summed E-state index contributed by atoms with van der Waals surface area (Å²) in [4.78, 5) is 13.4. The zero-order valence-corrected chi connectivity index (χ0v) is 18.4. The van der Waals surface area contributed by atoms with Crippen LogP contribution in [0.3, 0.4) is 0 Å². The molecule has 4 aromatic rings. The lowest BCUT2D eigenvalue weighted by molar-refractivity contribution is 0.536. The van der Waals surface area contributed by atoms with Gasteiger partial charge in [0, 0.05) is 16.3 Å². The van der Waals surface area contributed by atoms with Gasteiger partial charge in [0.1, 0.15) is 5.00 Å². The molecule has 0 amide bonds. The molecule has 2 aromatic heterocycles. The minimum atomic E-state index is -2.17. The van der Waals surface area contributed by atoms with E-state index in [9.17, 15) is 13.6 Å². The summed E-state index contributed by atoms with van der Waals surface area (Å²) >= 11 is 11.1. The molecule has 1 atom stereocenters. The number of hydrogen-bond acceptors (Lipinski definition) is 5. The zero-order chi connectivity index (χ0) is 21.3. The number of hydrogen-bond donors (Lipinski definition) is 0. The third kappa shape index (κ3) is 4.40. The third-order valence-corrected chi connectivity index (χ3v) is 6.46. The molecule has 0 aliphatic heterocycles. The normalized spacial score (nSPS) is 12.1. The highest BCUT2D eigenvalue weighted by atomic mass is 35.5. The topological polar surface area (TPSA) is 75.0 Å². The van der Waals surface area contributed by atoms with Crippen molar-refractivity contribution in [3.63, 3.8) is 0 Å². The van der Waals surface area contributed by atoms with Gasteiger partial charge in [0.05, 0.1) is 16.1 Å². The first kappa shape index (κ1) is 21.0. The number of rotatable bonds is 5. The Morgan fingerprint density at radius 2 is 1.63 bits per heavy atom. The molecule has 5 nitrogen and oxygen atoms in total. The second-order valence-electron chi connectivity index (χ2n) is 6.38.